The summed E-state index contributed by atoms with van der Waals surface area (Å²) in [6.07, 6.45) is -4.41. The van der Waals surface area contributed by atoms with Crippen molar-refractivity contribution < 1.29 is 18.6 Å². The highest BCUT2D eigenvalue weighted by Crippen LogP contribution is 2.32. The minimum absolute atomic E-state index is 0. The zero-order valence-electron chi connectivity index (χ0n) is 18.1. The van der Waals surface area contributed by atoms with Gasteiger partial charge in [0.05, 0.1) is 17.0 Å². The number of alkyl halides is 3. The van der Waals surface area contributed by atoms with Crippen molar-refractivity contribution in [2.75, 3.05) is 0 Å². The van der Waals surface area contributed by atoms with Crippen molar-refractivity contribution in [3.05, 3.63) is 73.8 Å². The van der Waals surface area contributed by atoms with E-state index in [1.165, 1.54) is 39.4 Å². The van der Waals surface area contributed by atoms with Gasteiger partial charge in [0.1, 0.15) is 5.82 Å². The molecule has 0 bridgehead atoms. The Kier molecular flexibility index (Phi) is 7.78. The van der Waals surface area contributed by atoms with Crippen molar-refractivity contribution in [1.82, 2.24) is 14.8 Å². The third-order valence-corrected chi connectivity index (χ3v) is 7.04. The van der Waals surface area contributed by atoms with E-state index >= 15 is 0 Å². The fourth-order valence-corrected chi connectivity index (χ4v) is 4.92. The average molecular weight is 470 g/mol. The smallest absolute Gasteiger partial charge is 0.412 e. The predicted octanol–water partition coefficient (Wildman–Crippen LogP) is 6.10. The zero-order chi connectivity index (χ0) is 22.2. The van der Waals surface area contributed by atoms with Crippen LogP contribution in [-0.4, -0.2) is 20.2 Å². The maximum Gasteiger partial charge on any atom is 0.416 e. The summed E-state index contributed by atoms with van der Waals surface area (Å²) in [4.78, 5) is 0. The average Bonchev–Trinajstić information content (AvgIpc) is 3.07. The molecule has 0 radical (unpaired) electrons. The Morgan fingerprint density at radius 2 is 1.55 bits per heavy atom. The van der Waals surface area contributed by atoms with Crippen molar-refractivity contribution in [3.8, 4) is 5.69 Å². The van der Waals surface area contributed by atoms with Crippen LogP contribution in [0.1, 0.15) is 44.8 Å². The van der Waals surface area contributed by atoms with Crippen LogP contribution in [0.3, 0.4) is 0 Å². The molecule has 0 atom stereocenters. The van der Waals surface area contributed by atoms with E-state index in [2.05, 4.69) is 44.8 Å². The standard InChI is InChI=1S/C22H24F3N3S2.H2O/c1-12-13(2)15(4)19(16(5)14(12)3)10-30-11-20-26-27-21(29)28(20)18-8-6-7-17(9-18)22(23,24)25;/h6-9H,10-11H2,1-5H3,(H,27,29);1H2. The van der Waals surface area contributed by atoms with Crippen LogP contribution < -0.4 is 0 Å². The highest BCUT2D eigenvalue weighted by molar-refractivity contribution is 7.97. The molecule has 0 aliphatic carbocycles. The summed E-state index contributed by atoms with van der Waals surface area (Å²) in [6.45, 7) is 10.7. The Morgan fingerprint density at radius 3 is 2.13 bits per heavy atom. The van der Waals surface area contributed by atoms with Crippen molar-refractivity contribution in [1.29, 1.82) is 0 Å². The molecule has 3 N–H and O–H groups in total. The van der Waals surface area contributed by atoms with Gasteiger partial charge in [-0.1, -0.05) is 6.07 Å². The lowest BCUT2D eigenvalue weighted by atomic mass is 9.90. The predicted molar refractivity (Wildman–Crippen MR) is 122 cm³/mol. The highest BCUT2D eigenvalue weighted by atomic mass is 32.2. The van der Waals surface area contributed by atoms with Crippen LogP contribution in [-0.2, 0) is 17.7 Å². The number of thioether (sulfide) groups is 1. The monoisotopic (exact) mass is 469 g/mol. The molecule has 2 aromatic carbocycles. The molecule has 1 aromatic heterocycles. The molecule has 0 aliphatic heterocycles. The SMILES string of the molecule is Cc1c(C)c(C)c(CSCc2n[nH]c(=S)n2-c2cccc(C(F)(F)F)c2)c(C)c1C.O. The summed E-state index contributed by atoms with van der Waals surface area (Å²) in [7, 11) is 0. The summed E-state index contributed by atoms with van der Waals surface area (Å²) in [5.41, 5.74) is 7.47. The minimum atomic E-state index is -4.41. The summed E-state index contributed by atoms with van der Waals surface area (Å²) < 4.78 is 41.2. The van der Waals surface area contributed by atoms with E-state index in [1.807, 2.05) is 0 Å². The van der Waals surface area contributed by atoms with E-state index in [0.717, 1.165) is 17.9 Å². The van der Waals surface area contributed by atoms with Gasteiger partial charge in [0.2, 0.25) is 0 Å². The van der Waals surface area contributed by atoms with Gasteiger partial charge in [-0.15, -0.1) is 11.8 Å². The molecule has 0 saturated carbocycles. The number of H-pyrrole nitrogens is 1. The van der Waals surface area contributed by atoms with Gasteiger partial charge in [0.15, 0.2) is 4.77 Å². The largest absolute Gasteiger partial charge is 0.416 e. The second-order valence-electron chi connectivity index (χ2n) is 7.42. The van der Waals surface area contributed by atoms with E-state index in [-0.39, 0.29) is 10.2 Å². The number of aromatic amines is 1. The second kappa shape index (κ2) is 9.58. The molecule has 4 nitrogen and oxygen atoms in total. The number of rotatable bonds is 5. The van der Waals surface area contributed by atoms with Crippen molar-refractivity contribution >= 4 is 24.0 Å². The Bertz CT molecular complexity index is 1120. The van der Waals surface area contributed by atoms with E-state index in [1.54, 1.807) is 22.4 Å². The quantitative estimate of drug-likeness (QED) is 0.459. The van der Waals surface area contributed by atoms with Gasteiger partial charge in [-0.25, -0.2) is 0 Å². The lowest BCUT2D eigenvalue weighted by Gasteiger charge is -2.18. The lowest BCUT2D eigenvalue weighted by Crippen LogP contribution is -2.07. The van der Waals surface area contributed by atoms with E-state index < -0.39 is 11.7 Å². The summed E-state index contributed by atoms with van der Waals surface area (Å²) >= 11 is 6.95. The number of nitrogens with one attached hydrogen (secondary N) is 1. The van der Waals surface area contributed by atoms with E-state index in [9.17, 15) is 13.2 Å². The molecule has 0 fully saturated rings. The molecule has 0 unspecified atom stereocenters. The van der Waals surface area contributed by atoms with E-state index in [0.29, 0.717) is 17.3 Å². The van der Waals surface area contributed by atoms with Gasteiger partial charge < -0.3 is 5.48 Å². The topological polar surface area (TPSA) is 65.1 Å². The highest BCUT2D eigenvalue weighted by Gasteiger charge is 2.30. The lowest BCUT2D eigenvalue weighted by molar-refractivity contribution is -0.137. The van der Waals surface area contributed by atoms with Gasteiger partial charge in [-0.2, -0.15) is 18.3 Å². The van der Waals surface area contributed by atoms with Crippen LogP contribution in [0.2, 0.25) is 0 Å². The van der Waals surface area contributed by atoms with Gasteiger partial charge >= 0.3 is 6.18 Å². The van der Waals surface area contributed by atoms with Crippen LogP contribution in [0.25, 0.3) is 5.69 Å². The molecule has 168 valence electrons. The molecule has 0 saturated heterocycles. The first-order valence-electron chi connectivity index (χ1n) is 9.49. The third-order valence-electron chi connectivity index (χ3n) is 5.81. The Hall–Kier alpha value is -2.10. The Labute approximate surface area is 189 Å². The number of nitrogens with zero attached hydrogens (tertiary/aromatic N) is 2. The molecule has 0 spiro atoms. The molecule has 3 rings (SSSR count). The molecule has 1 heterocycles. The molecule has 9 heteroatoms. The van der Waals surface area contributed by atoms with Gasteiger partial charge in [-0.3, -0.25) is 9.67 Å². The van der Waals surface area contributed by atoms with E-state index in [4.69, 9.17) is 12.2 Å². The van der Waals surface area contributed by atoms with Crippen LogP contribution in [0, 0.1) is 39.4 Å². The summed E-state index contributed by atoms with van der Waals surface area (Å²) in [5.74, 6) is 1.91. The van der Waals surface area contributed by atoms with Gasteiger partial charge in [0, 0.05) is 5.75 Å². The number of hydrogen-bond acceptors (Lipinski definition) is 3. The Balaban J connectivity index is 0.00000341. The maximum absolute atomic E-state index is 13.1. The fraction of sp³-hybridized carbons (Fsp3) is 0.364. The van der Waals surface area contributed by atoms with Gasteiger partial charge in [-0.05, 0) is 98.4 Å². The number of benzene rings is 2. The van der Waals surface area contributed by atoms with Crippen molar-refractivity contribution in [2.24, 2.45) is 0 Å². The van der Waals surface area contributed by atoms with Crippen molar-refractivity contribution in [3.63, 3.8) is 0 Å². The first-order valence-corrected chi connectivity index (χ1v) is 11.1. The fourth-order valence-electron chi connectivity index (χ4n) is 3.55. The molecule has 0 amide bonds. The van der Waals surface area contributed by atoms with Crippen LogP contribution in [0.5, 0.6) is 0 Å². The molecular formula is C22H26F3N3OS2. The number of aromatic nitrogens is 3. The van der Waals surface area contributed by atoms with Crippen LogP contribution in [0.15, 0.2) is 24.3 Å². The summed E-state index contributed by atoms with van der Waals surface area (Å²) in [6, 6.07) is 5.14. The van der Waals surface area contributed by atoms with Crippen LogP contribution >= 0.6 is 24.0 Å². The van der Waals surface area contributed by atoms with Crippen LogP contribution in [0.4, 0.5) is 13.2 Å². The van der Waals surface area contributed by atoms with Crippen molar-refractivity contribution in [2.45, 2.75) is 52.3 Å². The second-order valence-corrected chi connectivity index (χ2v) is 8.80. The first-order chi connectivity index (χ1) is 14.0. The molecule has 0 aliphatic rings. The molecule has 31 heavy (non-hydrogen) atoms. The number of hydrogen-bond donors (Lipinski definition) is 1. The Morgan fingerprint density at radius 1 is 0.968 bits per heavy atom. The zero-order valence-corrected chi connectivity index (χ0v) is 19.7. The normalized spacial score (nSPS) is 11.5. The third kappa shape index (κ3) is 5.05. The minimum Gasteiger partial charge on any atom is -0.412 e. The number of halogens is 3. The maximum atomic E-state index is 13.1. The molecular weight excluding hydrogens is 443 g/mol. The molecule has 3 aromatic rings. The van der Waals surface area contributed by atoms with Gasteiger partial charge in [0.25, 0.3) is 0 Å². The first kappa shape index (κ1) is 25.2. The summed E-state index contributed by atoms with van der Waals surface area (Å²) in [5, 5.41) is 6.97.